The molecule has 2 atom stereocenters. The summed E-state index contributed by atoms with van der Waals surface area (Å²) in [6.07, 6.45) is 1.90. The fourth-order valence-electron chi connectivity index (χ4n) is 3.45. The third kappa shape index (κ3) is 5.41. The number of nitrogens with one attached hydrogen (secondary N) is 1. The molecule has 0 radical (unpaired) electrons. The van der Waals surface area contributed by atoms with E-state index in [-0.39, 0.29) is 11.9 Å². The van der Waals surface area contributed by atoms with Crippen LogP contribution in [-0.2, 0) is 4.79 Å². The van der Waals surface area contributed by atoms with Crippen molar-refractivity contribution in [3.05, 3.63) is 59.1 Å². The number of nitrogens with zero attached hydrogens (tertiary/aromatic N) is 1. The van der Waals surface area contributed by atoms with E-state index in [2.05, 4.69) is 41.4 Å². The SMILES string of the molecule is CC1CCN(c2ccc([C@H](C)NC(=O)[C@H](C)Oc3cccc(Cl)c3)cc2)CC1. The lowest BCUT2D eigenvalue weighted by Gasteiger charge is -2.32. The predicted octanol–water partition coefficient (Wildman–Crippen LogP) is 5.22. The monoisotopic (exact) mass is 400 g/mol. The Morgan fingerprint density at radius 3 is 2.46 bits per heavy atom. The number of amides is 1. The first-order valence-electron chi connectivity index (χ1n) is 10.00. The van der Waals surface area contributed by atoms with Crippen LogP contribution in [0.5, 0.6) is 5.75 Å². The van der Waals surface area contributed by atoms with Gasteiger partial charge < -0.3 is 15.0 Å². The van der Waals surface area contributed by atoms with Crippen LogP contribution in [-0.4, -0.2) is 25.1 Å². The summed E-state index contributed by atoms with van der Waals surface area (Å²) >= 11 is 5.96. The highest BCUT2D eigenvalue weighted by Crippen LogP contribution is 2.25. The van der Waals surface area contributed by atoms with Gasteiger partial charge in [-0.3, -0.25) is 4.79 Å². The maximum Gasteiger partial charge on any atom is 0.261 e. The minimum atomic E-state index is -0.601. The summed E-state index contributed by atoms with van der Waals surface area (Å²) in [6, 6.07) is 15.5. The van der Waals surface area contributed by atoms with Gasteiger partial charge in [-0.1, -0.05) is 36.7 Å². The first-order valence-corrected chi connectivity index (χ1v) is 10.4. The van der Waals surface area contributed by atoms with Crippen molar-refractivity contribution in [3.63, 3.8) is 0 Å². The number of carbonyl (C=O) groups excluding carboxylic acids is 1. The van der Waals surface area contributed by atoms with Crippen molar-refractivity contribution in [2.24, 2.45) is 5.92 Å². The maximum absolute atomic E-state index is 12.5. The van der Waals surface area contributed by atoms with Gasteiger partial charge in [0.25, 0.3) is 5.91 Å². The molecule has 5 heteroatoms. The van der Waals surface area contributed by atoms with Crippen molar-refractivity contribution < 1.29 is 9.53 Å². The molecule has 1 N–H and O–H groups in total. The van der Waals surface area contributed by atoms with Crippen molar-refractivity contribution >= 4 is 23.2 Å². The molecule has 1 amide bonds. The average Bonchev–Trinajstić information content (AvgIpc) is 2.68. The highest BCUT2D eigenvalue weighted by molar-refractivity contribution is 6.30. The zero-order valence-electron chi connectivity index (χ0n) is 16.8. The van der Waals surface area contributed by atoms with Gasteiger partial charge in [-0.05, 0) is 68.5 Å². The summed E-state index contributed by atoms with van der Waals surface area (Å²) in [7, 11) is 0. The Kier molecular flexibility index (Phi) is 6.84. The highest BCUT2D eigenvalue weighted by Gasteiger charge is 2.19. The van der Waals surface area contributed by atoms with E-state index >= 15 is 0 Å². The second-order valence-corrected chi connectivity index (χ2v) is 8.15. The number of benzene rings is 2. The summed E-state index contributed by atoms with van der Waals surface area (Å²) < 4.78 is 5.70. The molecule has 28 heavy (non-hydrogen) atoms. The Morgan fingerprint density at radius 2 is 1.82 bits per heavy atom. The minimum Gasteiger partial charge on any atom is -0.481 e. The molecule has 2 aromatic carbocycles. The molecule has 2 aromatic rings. The van der Waals surface area contributed by atoms with Crippen LogP contribution in [0.2, 0.25) is 5.02 Å². The topological polar surface area (TPSA) is 41.6 Å². The van der Waals surface area contributed by atoms with Crippen molar-refractivity contribution in [2.45, 2.75) is 45.8 Å². The van der Waals surface area contributed by atoms with Crippen LogP contribution in [0, 0.1) is 5.92 Å². The minimum absolute atomic E-state index is 0.0895. The fraction of sp³-hybridized carbons (Fsp3) is 0.435. The number of carbonyl (C=O) groups is 1. The molecule has 1 saturated heterocycles. The van der Waals surface area contributed by atoms with Gasteiger partial charge in [0, 0.05) is 23.8 Å². The first kappa shape index (κ1) is 20.5. The predicted molar refractivity (Wildman–Crippen MR) is 115 cm³/mol. The molecule has 3 rings (SSSR count). The normalized spacial score (nSPS) is 17.1. The second kappa shape index (κ2) is 9.33. The Bertz CT molecular complexity index is 785. The standard InChI is InChI=1S/C23H29ClN2O2/c1-16-11-13-26(14-12-16)21-9-7-19(8-10-21)17(2)25-23(27)18(3)28-22-6-4-5-20(24)15-22/h4-10,15-18H,11-14H2,1-3H3,(H,25,27)/t17-,18-/m0/s1. The summed E-state index contributed by atoms with van der Waals surface area (Å²) in [6.45, 7) is 8.28. The molecule has 0 bridgehead atoms. The van der Waals surface area contributed by atoms with Gasteiger partial charge in [0.1, 0.15) is 5.75 Å². The molecule has 4 nitrogen and oxygen atoms in total. The van der Waals surface area contributed by atoms with Gasteiger partial charge in [0.2, 0.25) is 0 Å². The smallest absolute Gasteiger partial charge is 0.261 e. The van der Waals surface area contributed by atoms with Gasteiger partial charge in [-0.15, -0.1) is 0 Å². The van der Waals surface area contributed by atoms with E-state index in [1.807, 2.05) is 6.92 Å². The molecule has 0 aromatic heterocycles. The summed E-state index contributed by atoms with van der Waals surface area (Å²) in [5.41, 5.74) is 2.34. The van der Waals surface area contributed by atoms with E-state index in [1.54, 1.807) is 31.2 Å². The molecule has 0 unspecified atom stereocenters. The number of piperidine rings is 1. The lowest BCUT2D eigenvalue weighted by Crippen LogP contribution is -2.37. The molecule has 1 aliphatic heterocycles. The fourth-order valence-corrected chi connectivity index (χ4v) is 3.63. The van der Waals surface area contributed by atoms with E-state index < -0.39 is 6.10 Å². The second-order valence-electron chi connectivity index (χ2n) is 7.71. The zero-order chi connectivity index (χ0) is 20.1. The van der Waals surface area contributed by atoms with Crippen LogP contribution in [0.3, 0.4) is 0 Å². The van der Waals surface area contributed by atoms with Crippen molar-refractivity contribution in [2.75, 3.05) is 18.0 Å². The summed E-state index contributed by atoms with van der Waals surface area (Å²) in [5.74, 6) is 1.26. The molecule has 1 heterocycles. The van der Waals surface area contributed by atoms with E-state index in [9.17, 15) is 4.79 Å². The third-order valence-corrected chi connectivity index (χ3v) is 5.61. The molecule has 0 spiro atoms. The first-order chi connectivity index (χ1) is 13.4. The average molecular weight is 401 g/mol. The molecular weight excluding hydrogens is 372 g/mol. The van der Waals surface area contributed by atoms with Crippen LogP contribution in [0.15, 0.2) is 48.5 Å². The van der Waals surface area contributed by atoms with E-state index in [1.165, 1.54) is 18.5 Å². The van der Waals surface area contributed by atoms with E-state index in [0.29, 0.717) is 10.8 Å². The number of hydrogen-bond acceptors (Lipinski definition) is 3. The molecular formula is C23H29ClN2O2. The van der Waals surface area contributed by atoms with Gasteiger partial charge in [-0.25, -0.2) is 0 Å². The van der Waals surface area contributed by atoms with Crippen molar-refractivity contribution in [3.8, 4) is 5.75 Å². The van der Waals surface area contributed by atoms with Crippen LogP contribution in [0.4, 0.5) is 5.69 Å². The quantitative estimate of drug-likeness (QED) is 0.722. The van der Waals surface area contributed by atoms with Crippen molar-refractivity contribution in [1.29, 1.82) is 0 Å². The number of rotatable bonds is 6. The zero-order valence-corrected chi connectivity index (χ0v) is 17.6. The van der Waals surface area contributed by atoms with Gasteiger partial charge >= 0.3 is 0 Å². The third-order valence-electron chi connectivity index (χ3n) is 5.38. The molecule has 1 fully saturated rings. The number of ether oxygens (including phenoxy) is 1. The number of hydrogen-bond donors (Lipinski definition) is 1. The Morgan fingerprint density at radius 1 is 1.14 bits per heavy atom. The molecule has 1 aliphatic rings. The lowest BCUT2D eigenvalue weighted by atomic mass is 9.98. The Labute approximate surface area is 172 Å². The summed E-state index contributed by atoms with van der Waals surface area (Å²) in [4.78, 5) is 14.9. The maximum atomic E-state index is 12.5. The lowest BCUT2D eigenvalue weighted by molar-refractivity contribution is -0.127. The van der Waals surface area contributed by atoms with E-state index in [0.717, 1.165) is 24.6 Å². The Hall–Kier alpha value is -2.20. The van der Waals surface area contributed by atoms with Gasteiger partial charge in [-0.2, -0.15) is 0 Å². The largest absolute Gasteiger partial charge is 0.481 e. The summed E-state index contributed by atoms with van der Waals surface area (Å²) in [5, 5.41) is 3.61. The molecule has 150 valence electrons. The Balaban J connectivity index is 1.54. The van der Waals surface area contributed by atoms with Gasteiger partial charge in [0.15, 0.2) is 6.10 Å². The van der Waals surface area contributed by atoms with Crippen molar-refractivity contribution in [1.82, 2.24) is 5.32 Å². The van der Waals surface area contributed by atoms with Crippen LogP contribution < -0.4 is 15.0 Å². The number of halogens is 1. The molecule has 0 aliphatic carbocycles. The molecule has 0 saturated carbocycles. The number of anilines is 1. The van der Waals surface area contributed by atoms with Crippen LogP contribution in [0.1, 0.15) is 45.2 Å². The van der Waals surface area contributed by atoms with Crippen LogP contribution in [0.25, 0.3) is 0 Å². The highest BCUT2D eigenvalue weighted by atomic mass is 35.5. The van der Waals surface area contributed by atoms with Crippen LogP contribution >= 0.6 is 11.6 Å². The van der Waals surface area contributed by atoms with E-state index in [4.69, 9.17) is 16.3 Å². The van der Waals surface area contributed by atoms with Gasteiger partial charge in [0.05, 0.1) is 6.04 Å².